The van der Waals surface area contributed by atoms with Crippen LogP contribution in [-0.4, -0.2) is 5.11 Å². The molecule has 1 saturated carbocycles. The first-order valence-corrected chi connectivity index (χ1v) is 6.97. The lowest BCUT2D eigenvalue weighted by molar-refractivity contribution is 0.151. The second kappa shape index (κ2) is 4.28. The average molecular weight is 244 g/mol. The molecule has 0 amide bonds. The Balaban J connectivity index is 1.75. The summed E-state index contributed by atoms with van der Waals surface area (Å²) in [5.74, 6) is 0.955. The van der Waals surface area contributed by atoms with Crippen molar-refractivity contribution in [1.29, 1.82) is 0 Å². The van der Waals surface area contributed by atoms with Crippen molar-refractivity contribution in [3.63, 3.8) is 0 Å². The fraction of sp³-hybridized carbons (Fsp3) is 0.333. The maximum atomic E-state index is 10.4. The summed E-state index contributed by atoms with van der Waals surface area (Å²) in [5, 5.41) is 14.6. The Morgan fingerprint density at radius 3 is 2.65 bits per heavy atom. The summed E-state index contributed by atoms with van der Waals surface area (Å²) >= 11 is 1.68. The molecule has 1 aliphatic carbocycles. The standard InChI is InChI=1S/C15H16OS/c1-10-8-17-9-14(10)15(16)13-7-12(13)11-5-3-2-4-6-11/h2-6,8-9,12-13,15-16H,7H2,1H3. The first-order chi connectivity index (χ1) is 8.27. The van der Waals surface area contributed by atoms with Gasteiger partial charge in [0, 0.05) is 0 Å². The maximum absolute atomic E-state index is 10.4. The highest BCUT2D eigenvalue weighted by molar-refractivity contribution is 7.08. The Morgan fingerprint density at radius 2 is 2.00 bits per heavy atom. The van der Waals surface area contributed by atoms with Crippen LogP contribution in [0.3, 0.4) is 0 Å². The van der Waals surface area contributed by atoms with Crippen molar-refractivity contribution in [1.82, 2.24) is 0 Å². The third kappa shape index (κ3) is 2.03. The Kier molecular flexibility index (Phi) is 2.77. The molecule has 17 heavy (non-hydrogen) atoms. The molecule has 2 aromatic rings. The molecule has 1 aliphatic rings. The van der Waals surface area contributed by atoms with Gasteiger partial charge in [-0.15, -0.1) is 0 Å². The molecule has 2 heteroatoms. The van der Waals surface area contributed by atoms with Crippen molar-refractivity contribution in [2.45, 2.75) is 25.4 Å². The van der Waals surface area contributed by atoms with Crippen LogP contribution >= 0.6 is 11.3 Å². The van der Waals surface area contributed by atoms with Crippen LogP contribution in [0.25, 0.3) is 0 Å². The predicted molar refractivity (Wildman–Crippen MR) is 71.3 cm³/mol. The molecule has 3 unspecified atom stereocenters. The minimum absolute atomic E-state index is 0.286. The van der Waals surface area contributed by atoms with Gasteiger partial charge >= 0.3 is 0 Å². The number of aliphatic hydroxyl groups excluding tert-OH is 1. The summed E-state index contributed by atoms with van der Waals surface area (Å²) in [4.78, 5) is 0. The molecule has 1 aromatic carbocycles. The first kappa shape index (κ1) is 11.0. The highest BCUT2D eigenvalue weighted by Gasteiger charge is 2.44. The van der Waals surface area contributed by atoms with E-state index in [4.69, 9.17) is 0 Å². The second-order valence-corrected chi connectivity index (χ2v) is 5.62. The number of benzene rings is 1. The van der Waals surface area contributed by atoms with E-state index < -0.39 is 0 Å². The molecule has 0 spiro atoms. The van der Waals surface area contributed by atoms with Crippen LogP contribution in [0.15, 0.2) is 41.1 Å². The van der Waals surface area contributed by atoms with Crippen molar-refractivity contribution >= 4 is 11.3 Å². The minimum Gasteiger partial charge on any atom is -0.388 e. The van der Waals surface area contributed by atoms with Gasteiger partial charge < -0.3 is 5.11 Å². The van der Waals surface area contributed by atoms with E-state index in [1.54, 1.807) is 11.3 Å². The Morgan fingerprint density at radius 1 is 1.24 bits per heavy atom. The summed E-state index contributed by atoms with van der Waals surface area (Å²) in [6, 6.07) is 10.5. The molecule has 1 fully saturated rings. The topological polar surface area (TPSA) is 20.2 Å². The molecular weight excluding hydrogens is 228 g/mol. The second-order valence-electron chi connectivity index (χ2n) is 4.87. The minimum atomic E-state index is -0.286. The molecule has 0 radical (unpaired) electrons. The van der Waals surface area contributed by atoms with E-state index in [-0.39, 0.29) is 6.10 Å². The summed E-state index contributed by atoms with van der Waals surface area (Å²) in [7, 11) is 0. The van der Waals surface area contributed by atoms with Crippen LogP contribution < -0.4 is 0 Å². The molecule has 1 aromatic heterocycles. The molecule has 0 saturated heterocycles. The molecule has 88 valence electrons. The van der Waals surface area contributed by atoms with E-state index in [0.717, 1.165) is 12.0 Å². The largest absolute Gasteiger partial charge is 0.388 e. The van der Waals surface area contributed by atoms with Gasteiger partial charge in [-0.25, -0.2) is 0 Å². The van der Waals surface area contributed by atoms with Gasteiger partial charge in [0.1, 0.15) is 0 Å². The van der Waals surface area contributed by atoms with Gasteiger partial charge in [-0.2, -0.15) is 11.3 Å². The SMILES string of the molecule is Cc1cscc1C(O)C1CC1c1ccccc1. The monoisotopic (exact) mass is 244 g/mol. The maximum Gasteiger partial charge on any atom is 0.0834 e. The van der Waals surface area contributed by atoms with Crippen LogP contribution in [0.2, 0.25) is 0 Å². The number of aliphatic hydroxyl groups is 1. The highest BCUT2D eigenvalue weighted by atomic mass is 32.1. The Hall–Kier alpha value is -1.12. The number of aryl methyl sites for hydroxylation is 1. The quantitative estimate of drug-likeness (QED) is 0.868. The predicted octanol–water partition coefficient (Wildman–Crippen LogP) is 3.89. The van der Waals surface area contributed by atoms with Gasteiger partial charge in [0.25, 0.3) is 0 Å². The average Bonchev–Trinajstić information content (AvgIpc) is 3.05. The van der Waals surface area contributed by atoms with Crippen molar-refractivity contribution in [3.05, 3.63) is 57.8 Å². The number of hydrogen-bond acceptors (Lipinski definition) is 2. The first-order valence-electron chi connectivity index (χ1n) is 6.03. The van der Waals surface area contributed by atoms with E-state index in [2.05, 4.69) is 41.9 Å². The van der Waals surface area contributed by atoms with Crippen LogP contribution in [0.5, 0.6) is 0 Å². The van der Waals surface area contributed by atoms with Crippen LogP contribution in [0.1, 0.15) is 35.1 Å². The number of thiophene rings is 1. The van der Waals surface area contributed by atoms with E-state index in [1.807, 2.05) is 6.07 Å². The van der Waals surface area contributed by atoms with Crippen LogP contribution in [-0.2, 0) is 0 Å². The summed E-state index contributed by atoms with van der Waals surface area (Å²) < 4.78 is 0. The number of rotatable bonds is 3. The summed E-state index contributed by atoms with van der Waals surface area (Å²) in [5.41, 5.74) is 3.71. The smallest absolute Gasteiger partial charge is 0.0834 e. The molecule has 0 bridgehead atoms. The van der Waals surface area contributed by atoms with E-state index in [9.17, 15) is 5.11 Å². The molecule has 3 atom stereocenters. The van der Waals surface area contributed by atoms with Crippen molar-refractivity contribution in [3.8, 4) is 0 Å². The van der Waals surface area contributed by atoms with E-state index in [1.165, 1.54) is 11.1 Å². The molecular formula is C15H16OS. The fourth-order valence-electron chi connectivity index (χ4n) is 2.55. The van der Waals surface area contributed by atoms with Crippen LogP contribution in [0.4, 0.5) is 0 Å². The van der Waals surface area contributed by atoms with Gasteiger partial charge in [0.05, 0.1) is 6.10 Å². The highest BCUT2D eigenvalue weighted by Crippen LogP contribution is 2.54. The van der Waals surface area contributed by atoms with E-state index >= 15 is 0 Å². The van der Waals surface area contributed by atoms with E-state index in [0.29, 0.717) is 11.8 Å². The normalized spacial score (nSPS) is 24.6. The van der Waals surface area contributed by atoms with Crippen molar-refractivity contribution in [2.24, 2.45) is 5.92 Å². The van der Waals surface area contributed by atoms with Gasteiger partial charge in [-0.1, -0.05) is 30.3 Å². The fourth-order valence-corrected chi connectivity index (χ4v) is 3.43. The zero-order valence-corrected chi connectivity index (χ0v) is 10.7. The van der Waals surface area contributed by atoms with Crippen molar-refractivity contribution < 1.29 is 5.11 Å². The molecule has 1 N–H and O–H groups in total. The third-order valence-corrected chi connectivity index (χ3v) is 4.57. The molecule has 0 aliphatic heterocycles. The zero-order valence-electron chi connectivity index (χ0n) is 9.84. The van der Waals surface area contributed by atoms with Crippen LogP contribution in [0, 0.1) is 12.8 Å². The van der Waals surface area contributed by atoms with Crippen molar-refractivity contribution in [2.75, 3.05) is 0 Å². The Bertz CT molecular complexity index is 503. The van der Waals surface area contributed by atoms with Gasteiger partial charge in [0.15, 0.2) is 0 Å². The van der Waals surface area contributed by atoms with Gasteiger partial charge in [-0.05, 0) is 52.6 Å². The summed E-state index contributed by atoms with van der Waals surface area (Å²) in [6.07, 6.45) is 0.826. The van der Waals surface area contributed by atoms with Gasteiger partial charge in [-0.3, -0.25) is 0 Å². The molecule has 3 rings (SSSR count). The lowest BCUT2D eigenvalue weighted by Gasteiger charge is -2.10. The lowest BCUT2D eigenvalue weighted by Crippen LogP contribution is -2.01. The summed E-state index contributed by atoms with van der Waals surface area (Å²) in [6.45, 7) is 2.08. The molecule has 1 heterocycles. The van der Waals surface area contributed by atoms with Gasteiger partial charge in [0.2, 0.25) is 0 Å². The zero-order chi connectivity index (χ0) is 11.8. The number of hydrogen-bond donors (Lipinski definition) is 1. The lowest BCUT2D eigenvalue weighted by atomic mass is 10.0. The third-order valence-electron chi connectivity index (χ3n) is 3.69. The Labute approximate surface area is 106 Å². The molecule has 1 nitrogen and oxygen atoms in total.